The summed E-state index contributed by atoms with van der Waals surface area (Å²) in [4.78, 5) is 11.9. The average molecular weight is 297 g/mol. The number of carbonyl (C=O) groups is 1. The molecule has 1 fully saturated rings. The first-order chi connectivity index (χ1) is 9.63. The third-order valence-corrected chi connectivity index (χ3v) is 4.69. The Balaban J connectivity index is 1.73. The second-order valence-corrected chi connectivity index (χ2v) is 6.30. The first-order valence-electron chi connectivity index (χ1n) is 6.88. The molecule has 1 aliphatic carbocycles. The quantitative estimate of drug-likeness (QED) is 0.848. The van der Waals surface area contributed by atoms with Crippen molar-refractivity contribution >= 4 is 17.7 Å². The normalized spacial score (nSPS) is 17.1. The molecular weight excluding hydrogens is 277 g/mol. The van der Waals surface area contributed by atoms with Crippen molar-refractivity contribution in [2.75, 3.05) is 12.4 Å². The van der Waals surface area contributed by atoms with Crippen LogP contribution in [0.25, 0.3) is 0 Å². The van der Waals surface area contributed by atoms with E-state index in [0.29, 0.717) is 11.5 Å². The molecule has 0 unspecified atom stereocenters. The fourth-order valence-electron chi connectivity index (χ4n) is 2.55. The highest BCUT2D eigenvalue weighted by Gasteiger charge is 2.34. The molecule has 0 radical (unpaired) electrons. The minimum absolute atomic E-state index is 0.0152. The number of benzene rings is 1. The number of nitrogens with one attached hydrogen (secondary N) is 1. The van der Waals surface area contributed by atoms with E-state index in [1.165, 1.54) is 23.9 Å². The number of halogens is 1. The molecule has 1 saturated carbocycles. The molecule has 0 saturated heterocycles. The zero-order valence-electron chi connectivity index (χ0n) is 11.4. The molecule has 2 N–H and O–H groups in total. The number of carbonyl (C=O) groups excluding carboxylic acids is 1. The summed E-state index contributed by atoms with van der Waals surface area (Å²) in [7, 11) is 0. The van der Waals surface area contributed by atoms with Gasteiger partial charge in [0.1, 0.15) is 5.82 Å². The first-order valence-corrected chi connectivity index (χ1v) is 8.03. The Morgan fingerprint density at radius 2 is 1.95 bits per heavy atom. The van der Waals surface area contributed by atoms with Crippen LogP contribution in [0.1, 0.15) is 31.2 Å². The largest absolute Gasteiger partial charge is 0.394 e. The van der Waals surface area contributed by atoms with Crippen molar-refractivity contribution in [3.8, 4) is 0 Å². The summed E-state index contributed by atoms with van der Waals surface area (Å²) in [6.07, 6.45) is 3.84. The highest BCUT2D eigenvalue weighted by molar-refractivity contribution is 7.99. The monoisotopic (exact) mass is 297 g/mol. The van der Waals surface area contributed by atoms with Gasteiger partial charge in [0.15, 0.2) is 0 Å². The van der Waals surface area contributed by atoms with Crippen LogP contribution < -0.4 is 5.32 Å². The van der Waals surface area contributed by atoms with Crippen molar-refractivity contribution in [3.05, 3.63) is 35.6 Å². The summed E-state index contributed by atoms with van der Waals surface area (Å²) in [6.45, 7) is 0.0152. The van der Waals surface area contributed by atoms with Crippen LogP contribution in [0.15, 0.2) is 24.3 Å². The third kappa shape index (κ3) is 4.21. The van der Waals surface area contributed by atoms with E-state index in [4.69, 9.17) is 0 Å². The molecule has 1 aromatic rings. The lowest BCUT2D eigenvalue weighted by Crippen LogP contribution is -2.49. The number of aliphatic hydroxyl groups excluding tert-OH is 1. The molecule has 1 amide bonds. The minimum Gasteiger partial charge on any atom is -0.394 e. The van der Waals surface area contributed by atoms with Crippen molar-refractivity contribution in [2.24, 2.45) is 0 Å². The van der Waals surface area contributed by atoms with Crippen molar-refractivity contribution in [3.63, 3.8) is 0 Å². The fraction of sp³-hybridized carbons (Fsp3) is 0.533. The predicted octanol–water partition coefficient (Wildman–Crippen LogP) is 2.48. The van der Waals surface area contributed by atoms with Crippen LogP contribution in [0.4, 0.5) is 4.39 Å². The number of rotatable bonds is 6. The maximum absolute atomic E-state index is 12.8. The van der Waals surface area contributed by atoms with Crippen LogP contribution in [0.3, 0.4) is 0 Å². The molecule has 110 valence electrons. The zero-order valence-corrected chi connectivity index (χ0v) is 12.2. The van der Waals surface area contributed by atoms with E-state index >= 15 is 0 Å². The van der Waals surface area contributed by atoms with Gasteiger partial charge in [-0.2, -0.15) is 0 Å². The summed E-state index contributed by atoms with van der Waals surface area (Å²) >= 11 is 1.50. The van der Waals surface area contributed by atoms with E-state index in [1.807, 2.05) is 0 Å². The van der Waals surface area contributed by atoms with Crippen molar-refractivity contribution < 1.29 is 14.3 Å². The minimum atomic E-state index is -0.395. The maximum atomic E-state index is 12.8. The zero-order chi connectivity index (χ0) is 14.4. The molecule has 0 aromatic heterocycles. The molecular formula is C15H20FNO2S. The summed E-state index contributed by atoms with van der Waals surface area (Å²) in [5.41, 5.74) is 0.606. The first kappa shape index (κ1) is 15.3. The van der Waals surface area contributed by atoms with Gasteiger partial charge in [0.05, 0.1) is 17.9 Å². The Morgan fingerprint density at radius 3 is 2.55 bits per heavy atom. The van der Waals surface area contributed by atoms with E-state index < -0.39 is 5.54 Å². The van der Waals surface area contributed by atoms with Gasteiger partial charge in [-0.05, 0) is 30.5 Å². The van der Waals surface area contributed by atoms with Crippen molar-refractivity contribution in [1.82, 2.24) is 5.32 Å². The van der Waals surface area contributed by atoms with Crippen LogP contribution in [-0.4, -0.2) is 28.9 Å². The van der Waals surface area contributed by atoms with Crippen LogP contribution in [0, 0.1) is 5.82 Å². The van der Waals surface area contributed by atoms with Gasteiger partial charge in [-0.1, -0.05) is 25.0 Å². The van der Waals surface area contributed by atoms with Gasteiger partial charge >= 0.3 is 0 Å². The number of amides is 1. The summed E-state index contributed by atoms with van der Waals surface area (Å²) in [5, 5.41) is 12.4. The lowest BCUT2D eigenvalue weighted by molar-refractivity contribution is -0.121. The highest BCUT2D eigenvalue weighted by atomic mass is 32.2. The number of aliphatic hydroxyl groups is 1. The summed E-state index contributed by atoms with van der Waals surface area (Å²) < 4.78 is 12.8. The van der Waals surface area contributed by atoms with Crippen LogP contribution in [-0.2, 0) is 10.5 Å². The third-order valence-electron chi connectivity index (χ3n) is 3.68. The molecule has 0 heterocycles. The van der Waals surface area contributed by atoms with E-state index in [0.717, 1.165) is 31.2 Å². The Kier molecular flexibility index (Phi) is 5.43. The van der Waals surface area contributed by atoms with Crippen molar-refractivity contribution in [2.45, 2.75) is 37.0 Å². The summed E-state index contributed by atoms with van der Waals surface area (Å²) in [6, 6.07) is 6.31. The van der Waals surface area contributed by atoms with Crippen LogP contribution in [0.2, 0.25) is 0 Å². The van der Waals surface area contributed by atoms with E-state index in [1.54, 1.807) is 12.1 Å². The maximum Gasteiger partial charge on any atom is 0.230 e. The van der Waals surface area contributed by atoms with Crippen LogP contribution >= 0.6 is 11.8 Å². The SMILES string of the molecule is O=C(CSCc1ccc(F)cc1)NC1(CO)CCCC1. The van der Waals surface area contributed by atoms with E-state index in [2.05, 4.69) is 5.32 Å². The molecule has 1 aromatic carbocycles. The molecule has 2 rings (SSSR count). The number of hydrogen-bond donors (Lipinski definition) is 2. The number of hydrogen-bond acceptors (Lipinski definition) is 3. The Bertz CT molecular complexity index is 444. The number of thioether (sulfide) groups is 1. The predicted molar refractivity (Wildman–Crippen MR) is 79.0 cm³/mol. The second-order valence-electron chi connectivity index (χ2n) is 5.31. The van der Waals surface area contributed by atoms with Gasteiger partial charge < -0.3 is 10.4 Å². The Morgan fingerprint density at radius 1 is 1.30 bits per heavy atom. The van der Waals surface area contributed by atoms with E-state index in [9.17, 15) is 14.3 Å². The molecule has 5 heteroatoms. The standard InChI is InChI=1S/C15H20FNO2S/c16-13-5-3-12(4-6-13)9-20-10-14(19)17-15(11-18)7-1-2-8-15/h3-6,18H,1-2,7-11H2,(H,17,19). The van der Waals surface area contributed by atoms with Gasteiger partial charge in [-0.15, -0.1) is 11.8 Å². The van der Waals surface area contributed by atoms with Crippen molar-refractivity contribution in [1.29, 1.82) is 0 Å². The van der Waals surface area contributed by atoms with Gasteiger partial charge in [0.25, 0.3) is 0 Å². The fourth-order valence-corrected chi connectivity index (χ4v) is 3.34. The molecule has 1 aliphatic rings. The smallest absolute Gasteiger partial charge is 0.230 e. The molecule has 3 nitrogen and oxygen atoms in total. The van der Waals surface area contributed by atoms with Gasteiger partial charge in [-0.25, -0.2) is 4.39 Å². The Hall–Kier alpha value is -1.07. The molecule has 0 spiro atoms. The molecule has 0 atom stereocenters. The van der Waals surface area contributed by atoms with E-state index in [-0.39, 0.29) is 18.3 Å². The van der Waals surface area contributed by atoms with Gasteiger partial charge in [0.2, 0.25) is 5.91 Å². The lowest BCUT2D eigenvalue weighted by atomic mass is 9.99. The van der Waals surface area contributed by atoms with Gasteiger partial charge in [-0.3, -0.25) is 4.79 Å². The average Bonchev–Trinajstić information content (AvgIpc) is 2.90. The lowest BCUT2D eigenvalue weighted by Gasteiger charge is -2.27. The summed E-state index contributed by atoms with van der Waals surface area (Å²) in [5.74, 6) is 0.759. The topological polar surface area (TPSA) is 49.3 Å². The second kappa shape index (κ2) is 7.09. The van der Waals surface area contributed by atoms with Gasteiger partial charge in [0, 0.05) is 5.75 Å². The molecule has 20 heavy (non-hydrogen) atoms. The molecule has 0 aliphatic heterocycles. The highest BCUT2D eigenvalue weighted by Crippen LogP contribution is 2.29. The van der Waals surface area contributed by atoms with Crippen LogP contribution in [0.5, 0.6) is 0 Å². The Labute approximate surface area is 123 Å². The molecule has 0 bridgehead atoms.